The summed E-state index contributed by atoms with van der Waals surface area (Å²) < 4.78 is 0. The van der Waals surface area contributed by atoms with Crippen LogP contribution in [0.2, 0.25) is 0 Å². The molecule has 1 aliphatic heterocycles. The number of thiophene rings is 1. The molecule has 2 aliphatic rings. The minimum absolute atomic E-state index is 0.0957. The summed E-state index contributed by atoms with van der Waals surface area (Å²) in [6.07, 6.45) is 1.16. The summed E-state index contributed by atoms with van der Waals surface area (Å²) in [5, 5.41) is 17.5. The van der Waals surface area contributed by atoms with E-state index in [9.17, 15) is 10.1 Å². The van der Waals surface area contributed by atoms with Crippen LogP contribution in [0.3, 0.4) is 0 Å². The molecule has 1 aromatic carbocycles. The highest BCUT2D eigenvalue weighted by molar-refractivity contribution is 7.08. The van der Waals surface area contributed by atoms with Crippen LogP contribution >= 0.6 is 11.3 Å². The number of carbonyl (C=O) groups excluding carboxylic acids is 1. The topological polar surface area (TPSA) is 73.4 Å². The highest BCUT2D eigenvalue weighted by atomic mass is 32.1. The van der Waals surface area contributed by atoms with E-state index in [2.05, 4.69) is 18.2 Å². The van der Waals surface area contributed by atoms with Crippen molar-refractivity contribution in [1.29, 1.82) is 5.26 Å². The zero-order valence-electron chi connectivity index (χ0n) is 15.9. The summed E-state index contributed by atoms with van der Waals surface area (Å²) in [6.45, 7) is 0. The second kappa shape index (κ2) is 7.27. The van der Waals surface area contributed by atoms with Gasteiger partial charge in [-0.15, -0.1) is 0 Å². The third-order valence-electron chi connectivity index (χ3n) is 5.49. The SMILES string of the molecule is CN(C)N1C(N)=C(C#N)[C@H](c2ccsc2)C2=C1C[C@@H](c1ccccc1)CC2=O. The quantitative estimate of drug-likeness (QED) is 0.865. The van der Waals surface area contributed by atoms with Crippen molar-refractivity contribution < 1.29 is 4.79 Å². The molecule has 0 fully saturated rings. The number of hydrogen-bond donors (Lipinski definition) is 1. The first-order valence-corrected chi connectivity index (χ1v) is 10.2. The molecule has 142 valence electrons. The average Bonchev–Trinajstić information content (AvgIpc) is 3.21. The van der Waals surface area contributed by atoms with Crippen molar-refractivity contribution in [3.8, 4) is 6.07 Å². The van der Waals surface area contributed by atoms with Gasteiger partial charge in [0, 0.05) is 31.8 Å². The fourth-order valence-electron chi connectivity index (χ4n) is 4.30. The van der Waals surface area contributed by atoms with E-state index in [0.717, 1.165) is 16.8 Å². The van der Waals surface area contributed by atoms with Gasteiger partial charge in [-0.05, 0) is 40.3 Å². The molecule has 4 rings (SSSR count). The largest absolute Gasteiger partial charge is 0.383 e. The van der Waals surface area contributed by atoms with Crippen molar-refractivity contribution >= 4 is 17.1 Å². The van der Waals surface area contributed by atoms with Crippen LogP contribution in [0.1, 0.15) is 35.8 Å². The van der Waals surface area contributed by atoms with Crippen molar-refractivity contribution in [2.45, 2.75) is 24.7 Å². The van der Waals surface area contributed by atoms with Gasteiger partial charge in [0.15, 0.2) is 5.78 Å². The monoisotopic (exact) mass is 390 g/mol. The molecule has 2 heterocycles. The van der Waals surface area contributed by atoms with Crippen LogP contribution in [-0.4, -0.2) is 29.9 Å². The lowest BCUT2D eigenvalue weighted by molar-refractivity contribution is -0.117. The zero-order chi connectivity index (χ0) is 19.8. The van der Waals surface area contributed by atoms with Gasteiger partial charge < -0.3 is 5.73 Å². The lowest BCUT2D eigenvalue weighted by Gasteiger charge is -2.43. The number of hydrazine groups is 1. The summed E-state index contributed by atoms with van der Waals surface area (Å²) in [4.78, 5) is 13.4. The molecule has 0 saturated heterocycles. The van der Waals surface area contributed by atoms with Crippen LogP contribution in [0, 0.1) is 11.3 Å². The molecule has 2 N–H and O–H groups in total. The predicted octanol–water partition coefficient (Wildman–Crippen LogP) is 3.72. The molecule has 0 bridgehead atoms. The van der Waals surface area contributed by atoms with E-state index < -0.39 is 0 Å². The molecule has 0 saturated carbocycles. The van der Waals surface area contributed by atoms with Crippen LogP contribution in [0.25, 0.3) is 0 Å². The van der Waals surface area contributed by atoms with Crippen molar-refractivity contribution in [1.82, 2.24) is 10.0 Å². The molecule has 2 atom stereocenters. The van der Waals surface area contributed by atoms with Crippen molar-refractivity contribution in [2.75, 3.05) is 14.1 Å². The third kappa shape index (κ3) is 2.93. The average molecular weight is 391 g/mol. The number of nitrogens with zero attached hydrogens (tertiary/aromatic N) is 3. The molecular weight excluding hydrogens is 368 g/mol. The molecule has 0 unspecified atom stereocenters. The van der Waals surface area contributed by atoms with Crippen molar-refractivity contribution in [3.05, 3.63) is 80.9 Å². The van der Waals surface area contributed by atoms with Gasteiger partial charge in [-0.25, -0.2) is 5.01 Å². The molecule has 0 amide bonds. The van der Waals surface area contributed by atoms with Gasteiger partial charge in [-0.2, -0.15) is 16.6 Å². The highest BCUT2D eigenvalue weighted by Crippen LogP contribution is 2.48. The molecule has 5 nitrogen and oxygen atoms in total. The molecule has 28 heavy (non-hydrogen) atoms. The van der Waals surface area contributed by atoms with E-state index in [1.54, 1.807) is 11.3 Å². The van der Waals surface area contributed by atoms with Gasteiger partial charge in [0.1, 0.15) is 5.82 Å². The molecule has 6 heteroatoms. The first-order valence-electron chi connectivity index (χ1n) is 9.23. The van der Waals surface area contributed by atoms with Crippen LogP contribution in [0.4, 0.5) is 0 Å². The Balaban J connectivity index is 1.88. The standard InChI is InChI=1S/C22H22N4OS/c1-25(2)26-18-10-16(14-6-4-3-5-7-14)11-19(27)21(18)20(15-8-9-28-13-15)17(12-23)22(26)24/h3-9,13,16,20H,10-11,24H2,1-2H3/t16-,20+/m1/s1. The summed E-state index contributed by atoms with van der Waals surface area (Å²) in [6, 6.07) is 14.4. The molecule has 2 aromatic rings. The highest BCUT2D eigenvalue weighted by Gasteiger charge is 2.43. The normalized spacial score (nSPS) is 22.5. The van der Waals surface area contributed by atoms with Crippen LogP contribution in [0.5, 0.6) is 0 Å². The van der Waals surface area contributed by atoms with E-state index in [0.29, 0.717) is 29.8 Å². The summed E-state index contributed by atoms with van der Waals surface area (Å²) in [5.74, 6) is 0.225. The van der Waals surface area contributed by atoms with Gasteiger partial charge >= 0.3 is 0 Å². The number of nitrogens with two attached hydrogens (primary N) is 1. The maximum absolute atomic E-state index is 13.4. The molecule has 0 spiro atoms. The number of hydrogen-bond acceptors (Lipinski definition) is 6. The smallest absolute Gasteiger partial charge is 0.162 e. The lowest BCUT2D eigenvalue weighted by atomic mass is 9.72. The maximum Gasteiger partial charge on any atom is 0.162 e. The van der Waals surface area contributed by atoms with E-state index in [4.69, 9.17) is 5.73 Å². The van der Waals surface area contributed by atoms with Gasteiger partial charge in [-0.1, -0.05) is 30.3 Å². The van der Waals surface area contributed by atoms with Crippen LogP contribution < -0.4 is 5.73 Å². The number of nitriles is 1. The lowest BCUT2D eigenvalue weighted by Crippen LogP contribution is -2.45. The minimum Gasteiger partial charge on any atom is -0.383 e. The second-order valence-electron chi connectivity index (χ2n) is 7.36. The maximum atomic E-state index is 13.4. The fourth-order valence-corrected chi connectivity index (χ4v) is 4.99. The van der Waals surface area contributed by atoms with Crippen molar-refractivity contribution in [3.63, 3.8) is 0 Å². The Morgan fingerprint density at radius 2 is 1.93 bits per heavy atom. The zero-order valence-corrected chi connectivity index (χ0v) is 16.7. The molecular formula is C22H22N4OS. The van der Waals surface area contributed by atoms with Crippen LogP contribution in [0.15, 0.2) is 69.8 Å². The number of ketones is 1. The number of rotatable bonds is 3. The van der Waals surface area contributed by atoms with Gasteiger partial charge in [0.05, 0.1) is 17.6 Å². The Morgan fingerprint density at radius 3 is 2.54 bits per heavy atom. The summed E-state index contributed by atoms with van der Waals surface area (Å²) >= 11 is 1.56. The Kier molecular flexibility index (Phi) is 4.80. The number of allylic oxidation sites excluding steroid dienone is 3. The van der Waals surface area contributed by atoms with Gasteiger partial charge in [0.25, 0.3) is 0 Å². The van der Waals surface area contributed by atoms with E-state index >= 15 is 0 Å². The van der Waals surface area contributed by atoms with Gasteiger partial charge in [0.2, 0.25) is 0 Å². The summed E-state index contributed by atoms with van der Waals surface area (Å²) in [5.41, 5.74) is 10.6. The molecule has 0 radical (unpaired) electrons. The molecule has 1 aliphatic carbocycles. The number of benzene rings is 1. The fraction of sp³-hybridized carbons (Fsp3) is 0.273. The summed E-state index contributed by atoms with van der Waals surface area (Å²) in [7, 11) is 3.77. The van der Waals surface area contributed by atoms with E-state index in [-0.39, 0.29) is 17.6 Å². The Morgan fingerprint density at radius 1 is 1.18 bits per heavy atom. The molecule has 1 aromatic heterocycles. The van der Waals surface area contributed by atoms with E-state index in [1.807, 2.05) is 59.1 Å². The third-order valence-corrected chi connectivity index (χ3v) is 6.19. The first-order chi connectivity index (χ1) is 13.5. The Hall–Kier alpha value is -2.88. The van der Waals surface area contributed by atoms with Crippen molar-refractivity contribution in [2.24, 2.45) is 5.73 Å². The number of Topliss-reactive ketones (excluding diaryl/α,β-unsaturated/α-hetero) is 1. The first kappa shape index (κ1) is 18.5. The second-order valence-corrected chi connectivity index (χ2v) is 8.14. The Labute approximate surface area is 169 Å². The predicted molar refractivity (Wildman–Crippen MR) is 110 cm³/mol. The number of carbonyl (C=O) groups is 1. The van der Waals surface area contributed by atoms with Gasteiger partial charge in [-0.3, -0.25) is 9.80 Å². The van der Waals surface area contributed by atoms with E-state index in [1.165, 1.54) is 0 Å². The van der Waals surface area contributed by atoms with Crippen LogP contribution in [-0.2, 0) is 4.79 Å². The minimum atomic E-state index is -0.383. The Bertz CT molecular complexity index is 999.